The van der Waals surface area contributed by atoms with Gasteiger partial charge in [0.1, 0.15) is 5.82 Å². The number of nitrogens with zero attached hydrogens (tertiary/aromatic N) is 1. The zero-order valence-corrected chi connectivity index (χ0v) is 10.7. The number of aromatic nitrogens is 2. The van der Waals surface area contributed by atoms with Gasteiger partial charge in [0.05, 0.1) is 5.69 Å². The standard InChI is InChI=1S/C15H18N2/c1-9(2)11-5-4-6-13-12(11)7-8-14-15(13)17-10(3)16-14/h4-6,9H,7-8H2,1-3H3,(H,16,17). The van der Waals surface area contributed by atoms with Crippen molar-refractivity contribution in [2.75, 3.05) is 0 Å². The third kappa shape index (κ3) is 1.59. The molecule has 2 heteroatoms. The molecule has 1 aliphatic rings. The third-order valence-corrected chi connectivity index (χ3v) is 3.61. The first-order valence-corrected chi connectivity index (χ1v) is 6.34. The van der Waals surface area contributed by atoms with Gasteiger partial charge in [0, 0.05) is 11.3 Å². The molecule has 0 spiro atoms. The maximum absolute atomic E-state index is 4.64. The number of hydrogen-bond donors (Lipinski definition) is 1. The fourth-order valence-electron chi connectivity index (χ4n) is 2.84. The van der Waals surface area contributed by atoms with Gasteiger partial charge in [-0.15, -0.1) is 0 Å². The second kappa shape index (κ2) is 3.73. The highest BCUT2D eigenvalue weighted by molar-refractivity contribution is 5.70. The number of fused-ring (bicyclic) bond motifs is 3. The average molecular weight is 226 g/mol. The van der Waals surface area contributed by atoms with Crippen LogP contribution in [0.15, 0.2) is 18.2 Å². The largest absolute Gasteiger partial charge is 0.346 e. The molecule has 1 aliphatic carbocycles. The van der Waals surface area contributed by atoms with Crippen LogP contribution in [-0.4, -0.2) is 9.97 Å². The summed E-state index contributed by atoms with van der Waals surface area (Å²) in [5.74, 6) is 1.62. The highest BCUT2D eigenvalue weighted by Gasteiger charge is 2.22. The summed E-state index contributed by atoms with van der Waals surface area (Å²) in [6.07, 6.45) is 2.23. The predicted molar refractivity (Wildman–Crippen MR) is 70.3 cm³/mol. The number of benzene rings is 1. The van der Waals surface area contributed by atoms with E-state index in [2.05, 4.69) is 42.0 Å². The van der Waals surface area contributed by atoms with E-state index in [1.165, 1.54) is 28.1 Å². The molecule has 2 aromatic rings. The van der Waals surface area contributed by atoms with Gasteiger partial charge in [-0.2, -0.15) is 0 Å². The zero-order chi connectivity index (χ0) is 12.0. The van der Waals surface area contributed by atoms with Crippen LogP contribution in [0.2, 0.25) is 0 Å². The Kier molecular flexibility index (Phi) is 2.32. The summed E-state index contributed by atoms with van der Waals surface area (Å²) in [7, 11) is 0. The van der Waals surface area contributed by atoms with Crippen molar-refractivity contribution in [1.82, 2.24) is 9.97 Å². The highest BCUT2D eigenvalue weighted by atomic mass is 14.9. The van der Waals surface area contributed by atoms with Crippen molar-refractivity contribution in [1.29, 1.82) is 0 Å². The minimum Gasteiger partial charge on any atom is -0.346 e. The third-order valence-electron chi connectivity index (χ3n) is 3.61. The van der Waals surface area contributed by atoms with Crippen molar-refractivity contribution in [3.63, 3.8) is 0 Å². The molecule has 0 amide bonds. The molecule has 1 heterocycles. The fourth-order valence-corrected chi connectivity index (χ4v) is 2.84. The van der Waals surface area contributed by atoms with Crippen molar-refractivity contribution in [2.24, 2.45) is 0 Å². The summed E-state index contributed by atoms with van der Waals surface area (Å²) in [6, 6.07) is 6.63. The maximum atomic E-state index is 4.64. The number of aryl methyl sites for hydroxylation is 2. The van der Waals surface area contributed by atoms with Gasteiger partial charge in [0.15, 0.2) is 0 Å². The lowest BCUT2D eigenvalue weighted by Gasteiger charge is -2.20. The summed E-state index contributed by atoms with van der Waals surface area (Å²) in [4.78, 5) is 8.01. The quantitative estimate of drug-likeness (QED) is 0.790. The Bertz CT molecular complexity index is 564. The molecular weight excluding hydrogens is 208 g/mol. The number of H-pyrrole nitrogens is 1. The van der Waals surface area contributed by atoms with Crippen molar-refractivity contribution in [3.05, 3.63) is 40.8 Å². The Balaban J connectivity index is 2.23. The Hall–Kier alpha value is -1.57. The van der Waals surface area contributed by atoms with E-state index in [-0.39, 0.29) is 0 Å². The molecule has 2 nitrogen and oxygen atoms in total. The molecule has 0 radical (unpaired) electrons. The Morgan fingerprint density at radius 2 is 2.06 bits per heavy atom. The first-order valence-electron chi connectivity index (χ1n) is 6.34. The molecule has 0 bridgehead atoms. The van der Waals surface area contributed by atoms with E-state index in [1.807, 2.05) is 6.92 Å². The maximum Gasteiger partial charge on any atom is 0.103 e. The lowest BCUT2D eigenvalue weighted by molar-refractivity contribution is 0.816. The first kappa shape index (κ1) is 10.6. The number of imidazole rings is 1. The van der Waals surface area contributed by atoms with Crippen LogP contribution in [0.4, 0.5) is 0 Å². The molecule has 0 saturated carbocycles. The van der Waals surface area contributed by atoms with Crippen molar-refractivity contribution in [2.45, 2.75) is 39.5 Å². The highest BCUT2D eigenvalue weighted by Crippen LogP contribution is 2.35. The molecule has 0 atom stereocenters. The summed E-state index contributed by atoms with van der Waals surface area (Å²) in [5.41, 5.74) is 6.79. The first-order chi connectivity index (χ1) is 8.16. The van der Waals surface area contributed by atoms with Gasteiger partial charge in [-0.25, -0.2) is 4.98 Å². The minimum atomic E-state index is 0.589. The SMILES string of the molecule is Cc1nc2c([nH]1)CCc1c-2cccc1C(C)C. The van der Waals surface area contributed by atoms with Gasteiger partial charge in [-0.3, -0.25) is 0 Å². The Morgan fingerprint density at radius 3 is 2.82 bits per heavy atom. The van der Waals surface area contributed by atoms with E-state index in [1.54, 1.807) is 0 Å². The molecule has 17 heavy (non-hydrogen) atoms. The molecule has 1 aromatic carbocycles. The van der Waals surface area contributed by atoms with Crippen LogP contribution < -0.4 is 0 Å². The second-order valence-corrected chi connectivity index (χ2v) is 5.18. The summed E-state index contributed by atoms with van der Waals surface area (Å²) < 4.78 is 0. The molecule has 0 unspecified atom stereocenters. The lowest BCUT2D eigenvalue weighted by atomic mass is 9.85. The smallest absolute Gasteiger partial charge is 0.103 e. The van der Waals surface area contributed by atoms with Crippen molar-refractivity contribution in [3.8, 4) is 11.3 Å². The van der Waals surface area contributed by atoms with Crippen LogP contribution in [0.5, 0.6) is 0 Å². The lowest BCUT2D eigenvalue weighted by Crippen LogP contribution is -2.07. The summed E-state index contributed by atoms with van der Waals surface area (Å²) in [5, 5.41) is 0. The van der Waals surface area contributed by atoms with E-state index in [4.69, 9.17) is 0 Å². The second-order valence-electron chi connectivity index (χ2n) is 5.18. The predicted octanol–water partition coefficient (Wildman–Crippen LogP) is 3.61. The zero-order valence-electron chi connectivity index (χ0n) is 10.7. The van der Waals surface area contributed by atoms with Crippen LogP contribution in [-0.2, 0) is 12.8 Å². The Labute approximate surface area is 102 Å². The van der Waals surface area contributed by atoms with E-state index in [0.717, 1.165) is 18.7 Å². The van der Waals surface area contributed by atoms with Crippen molar-refractivity contribution < 1.29 is 0 Å². The molecule has 0 aliphatic heterocycles. The molecule has 0 fully saturated rings. The summed E-state index contributed by atoms with van der Waals surface area (Å²) in [6.45, 7) is 6.56. The van der Waals surface area contributed by atoms with E-state index < -0.39 is 0 Å². The summed E-state index contributed by atoms with van der Waals surface area (Å²) >= 11 is 0. The van der Waals surface area contributed by atoms with E-state index in [0.29, 0.717) is 5.92 Å². The number of nitrogens with one attached hydrogen (secondary N) is 1. The van der Waals surface area contributed by atoms with Crippen LogP contribution in [0, 0.1) is 6.92 Å². The molecule has 88 valence electrons. The van der Waals surface area contributed by atoms with E-state index >= 15 is 0 Å². The van der Waals surface area contributed by atoms with Crippen molar-refractivity contribution >= 4 is 0 Å². The molecule has 1 N–H and O–H groups in total. The average Bonchev–Trinajstić information content (AvgIpc) is 2.68. The minimum absolute atomic E-state index is 0.589. The van der Waals surface area contributed by atoms with Crippen LogP contribution >= 0.6 is 0 Å². The number of hydrogen-bond acceptors (Lipinski definition) is 1. The van der Waals surface area contributed by atoms with Gasteiger partial charge in [0.25, 0.3) is 0 Å². The number of rotatable bonds is 1. The number of aromatic amines is 1. The molecule has 1 aromatic heterocycles. The van der Waals surface area contributed by atoms with Crippen LogP contribution in [0.1, 0.15) is 42.4 Å². The molecule has 3 rings (SSSR count). The van der Waals surface area contributed by atoms with Gasteiger partial charge >= 0.3 is 0 Å². The monoisotopic (exact) mass is 226 g/mol. The molecule has 0 saturated heterocycles. The van der Waals surface area contributed by atoms with E-state index in [9.17, 15) is 0 Å². The topological polar surface area (TPSA) is 28.7 Å². The van der Waals surface area contributed by atoms with Crippen LogP contribution in [0.3, 0.4) is 0 Å². The van der Waals surface area contributed by atoms with Gasteiger partial charge in [-0.05, 0) is 36.8 Å². The normalized spacial score (nSPS) is 13.6. The van der Waals surface area contributed by atoms with Gasteiger partial charge in [-0.1, -0.05) is 32.0 Å². The van der Waals surface area contributed by atoms with Crippen LogP contribution in [0.25, 0.3) is 11.3 Å². The van der Waals surface area contributed by atoms with Gasteiger partial charge in [0.2, 0.25) is 0 Å². The fraction of sp³-hybridized carbons (Fsp3) is 0.400. The Morgan fingerprint density at radius 1 is 1.24 bits per heavy atom. The molecular formula is C15H18N2. The van der Waals surface area contributed by atoms with Gasteiger partial charge < -0.3 is 4.98 Å².